The van der Waals surface area contributed by atoms with Gasteiger partial charge >= 0.3 is 6.29 Å². The number of benzene rings is 1. The summed E-state index contributed by atoms with van der Waals surface area (Å²) in [7, 11) is 0. The van der Waals surface area contributed by atoms with Crippen LogP contribution >= 0.6 is 0 Å². The first-order chi connectivity index (χ1) is 9.89. The first kappa shape index (κ1) is 15.5. The van der Waals surface area contributed by atoms with E-state index in [1.165, 1.54) is 18.2 Å². The Hall–Kier alpha value is -1.89. The number of nitrogens with one attached hydrogen (secondary N) is 1. The molecule has 0 saturated carbocycles. The molecule has 1 amide bonds. The van der Waals surface area contributed by atoms with Crippen molar-refractivity contribution in [1.29, 1.82) is 0 Å². The SMILES string of the molecule is CC(CCN)CCC(=O)Nc1ccc2c(c1)OC(F)(F)O2. The van der Waals surface area contributed by atoms with Gasteiger partial charge in [0.15, 0.2) is 11.5 Å². The molecule has 1 aromatic rings. The lowest BCUT2D eigenvalue weighted by atomic mass is 10.0. The first-order valence-electron chi connectivity index (χ1n) is 6.79. The molecule has 1 atom stereocenters. The van der Waals surface area contributed by atoms with Crippen molar-refractivity contribution in [3.05, 3.63) is 18.2 Å². The van der Waals surface area contributed by atoms with Gasteiger partial charge in [0.1, 0.15) is 0 Å². The van der Waals surface area contributed by atoms with E-state index in [9.17, 15) is 13.6 Å². The van der Waals surface area contributed by atoms with Crippen LogP contribution in [0.25, 0.3) is 0 Å². The molecule has 2 rings (SSSR count). The monoisotopic (exact) mass is 300 g/mol. The summed E-state index contributed by atoms with van der Waals surface area (Å²) in [5.74, 6) is 0.0598. The predicted molar refractivity (Wildman–Crippen MR) is 73.3 cm³/mol. The number of rotatable bonds is 6. The third kappa shape index (κ3) is 4.29. The fourth-order valence-corrected chi connectivity index (χ4v) is 2.06. The number of ether oxygens (including phenoxy) is 2. The van der Waals surface area contributed by atoms with Crippen LogP contribution in [0, 0.1) is 5.92 Å². The molecule has 1 unspecified atom stereocenters. The largest absolute Gasteiger partial charge is 0.586 e. The molecular formula is C14H18F2N2O3. The molecule has 0 radical (unpaired) electrons. The highest BCUT2D eigenvalue weighted by atomic mass is 19.3. The van der Waals surface area contributed by atoms with Crippen LogP contribution in [-0.2, 0) is 4.79 Å². The molecule has 5 nitrogen and oxygen atoms in total. The van der Waals surface area contributed by atoms with Crippen LogP contribution in [0.15, 0.2) is 18.2 Å². The normalized spacial score (nSPS) is 16.6. The third-order valence-corrected chi connectivity index (χ3v) is 3.21. The maximum absolute atomic E-state index is 12.9. The summed E-state index contributed by atoms with van der Waals surface area (Å²) in [5.41, 5.74) is 5.84. The summed E-state index contributed by atoms with van der Waals surface area (Å²) in [6.45, 7) is 2.63. The summed E-state index contributed by atoms with van der Waals surface area (Å²) in [4.78, 5) is 11.8. The number of anilines is 1. The van der Waals surface area contributed by atoms with E-state index in [1.54, 1.807) is 0 Å². The average Bonchev–Trinajstić information content (AvgIpc) is 2.70. The number of amides is 1. The molecule has 1 aliphatic heterocycles. The van der Waals surface area contributed by atoms with Crippen molar-refractivity contribution in [1.82, 2.24) is 0 Å². The molecule has 0 bridgehead atoms. The number of carbonyl (C=O) groups is 1. The molecule has 1 aromatic carbocycles. The van der Waals surface area contributed by atoms with Crippen LogP contribution in [0.4, 0.5) is 14.5 Å². The third-order valence-electron chi connectivity index (χ3n) is 3.21. The molecule has 3 N–H and O–H groups in total. The minimum Gasteiger partial charge on any atom is -0.395 e. The van der Waals surface area contributed by atoms with Crippen molar-refractivity contribution >= 4 is 11.6 Å². The van der Waals surface area contributed by atoms with E-state index < -0.39 is 6.29 Å². The Balaban J connectivity index is 1.88. The molecule has 0 aliphatic carbocycles. The number of carbonyl (C=O) groups excluding carboxylic acids is 1. The van der Waals surface area contributed by atoms with Crippen LogP contribution in [0.3, 0.4) is 0 Å². The van der Waals surface area contributed by atoms with E-state index >= 15 is 0 Å². The van der Waals surface area contributed by atoms with Gasteiger partial charge in [0.2, 0.25) is 5.91 Å². The van der Waals surface area contributed by atoms with Crippen molar-refractivity contribution in [3.63, 3.8) is 0 Å². The van der Waals surface area contributed by atoms with Crippen LogP contribution in [0.5, 0.6) is 11.5 Å². The van der Waals surface area contributed by atoms with Gasteiger partial charge in [-0.3, -0.25) is 4.79 Å². The summed E-state index contributed by atoms with van der Waals surface area (Å²) in [6.07, 6.45) is -1.70. The van der Waals surface area contributed by atoms with Crippen LogP contribution in [0.1, 0.15) is 26.2 Å². The van der Waals surface area contributed by atoms with E-state index in [4.69, 9.17) is 5.73 Å². The highest BCUT2D eigenvalue weighted by molar-refractivity contribution is 5.91. The average molecular weight is 300 g/mol. The lowest BCUT2D eigenvalue weighted by Crippen LogP contribution is -2.25. The number of hydrogen-bond acceptors (Lipinski definition) is 4. The zero-order valence-electron chi connectivity index (χ0n) is 11.7. The van der Waals surface area contributed by atoms with Crippen molar-refractivity contribution < 1.29 is 23.0 Å². The lowest BCUT2D eigenvalue weighted by Gasteiger charge is -2.10. The second-order valence-corrected chi connectivity index (χ2v) is 5.10. The predicted octanol–water partition coefficient (Wildman–Crippen LogP) is 2.71. The van der Waals surface area contributed by atoms with Gasteiger partial charge in [0, 0.05) is 18.2 Å². The van der Waals surface area contributed by atoms with Crippen molar-refractivity contribution in [2.24, 2.45) is 11.7 Å². The maximum Gasteiger partial charge on any atom is 0.586 e. The van der Waals surface area contributed by atoms with E-state index in [0.717, 1.165) is 12.8 Å². The number of fused-ring (bicyclic) bond motifs is 1. The molecule has 7 heteroatoms. The smallest absolute Gasteiger partial charge is 0.395 e. The van der Waals surface area contributed by atoms with E-state index in [-0.39, 0.29) is 17.4 Å². The fraction of sp³-hybridized carbons (Fsp3) is 0.500. The van der Waals surface area contributed by atoms with E-state index in [2.05, 4.69) is 14.8 Å². The van der Waals surface area contributed by atoms with E-state index in [1.807, 2.05) is 6.92 Å². The summed E-state index contributed by atoms with van der Waals surface area (Å²) in [5, 5.41) is 2.65. The topological polar surface area (TPSA) is 73.6 Å². The number of nitrogens with two attached hydrogens (primary N) is 1. The Morgan fingerprint density at radius 3 is 2.76 bits per heavy atom. The number of halogens is 2. The van der Waals surface area contributed by atoms with Gasteiger partial charge in [0.25, 0.3) is 0 Å². The molecule has 0 spiro atoms. The zero-order chi connectivity index (χ0) is 15.5. The van der Waals surface area contributed by atoms with Gasteiger partial charge in [-0.15, -0.1) is 8.78 Å². The number of hydrogen-bond donors (Lipinski definition) is 2. The van der Waals surface area contributed by atoms with E-state index in [0.29, 0.717) is 24.6 Å². The molecule has 21 heavy (non-hydrogen) atoms. The van der Waals surface area contributed by atoms with Gasteiger partial charge in [-0.1, -0.05) is 6.92 Å². The van der Waals surface area contributed by atoms with Crippen LogP contribution in [0.2, 0.25) is 0 Å². The number of alkyl halides is 2. The first-order valence-corrected chi connectivity index (χ1v) is 6.79. The summed E-state index contributed by atoms with van der Waals surface area (Å²) < 4.78 is 34.3. The van der Waals surface area contributed by atoms with Gasteiger partial charge < -0.3 is 20.5 Å². The van der Waals surface area contributed by atoms with Gasteiger partial charge in [-0.2, -0.15) is 0 Å². The van der Waals surface area contributed by atoms with Gasteiger partial charge in [-0.05, 0) is 37.4 Å². The Morgan fingerprint density at radius 2 is 2.05 bits per heavy atom. The second kappa shape index (κ2) is 6.26. The Morgan fingerprint density at radius 1 is 1.33 bits per heavy atom. The zero-order valence-corrected chi connectivity index (χ0v) is 11.7. The van der Waals surface area contributed by atoms with Gasteiger partial charge in [-0.25, -0.2) is 0 Å². The highest BCUT2D eigenvalue weighted by Gasteiger charge is 2.43. The minimum absolute atomic E-state index is 0.0467. The fourth-order valence-electron chi connectivity index (χ4n) is 2.06. The van der Waals surface area contributed by atoms with Crippen LogP contribution in [-0.4, -0.2) is 18.7 Å². The second-order valence-electron chi connectivity index (χ2n) is 5.10. The summed E-state index contributed by atoms with van der Waals surface area (Å²) >= 11 is 0. The molecule has 0 saturated heterocycles. The Labute approximate surface area is 121 Å². The maximum atomic E-state index is 12.9. The summed E-state index contributed by atoms with van der Waals surface area (Å²) in [6, 6.07) is 4.14. The molecular weight excluding hydrogens is 282 g/mol. The van der Waals surface area contributed by atoms with Crippen molar-refractivity contribution in [2.45, 2.75) is 32.5 Å². The lowest BCUT2D eigenvalue weighted by molar-refractivity contribution is -0.286. The Kier molecular flexibility index (Phi) is 4.62. The standard InChI is InChI=1S/C14H18F2N2O3/c1-9(6-7-17)2-5-13(19)18-10-3-4-11-12(8-10)21-14(15,16)20-11/h3-4,8-9H,2,5-7,17H2,1H3,(H,18,19). The Bertz CT molecular complexity index is 523. The molecule has 1 heterocycles. The van der Waals surface area contributed by atoms with Crippen molar-refractivity contribution in [2.75, 3.05) is 11.9 Å². The molecule has 0 fully saturated rings. The van der Waals surface area contributed by atoms with Gasteiger partial charge in [0.05, 0.1) is 0 Å². The highest BCUT2D eigenvalue weighted by Crippen LogP contribution is 2.42. The molecule has 0 aromatic heterocycles. The molecule has 116 valence electrons. The minimum atomic E-state index is -3.65. The molecule has 1 aliphatic rings. The van der Waals surface area contributed by atoms with Crippen molar-refractivity contribution in [3.8, 4) is 11.5 Å². The van der Waals surface area contributed by atoms with Crippen LogP contribution < -0.4 is 20.5 Å². The quantitative estimate of drug-likeness (QED) is 0.847.